The van der Waals surface area contributed by atoms with Gasteiger partial charge in [-0.25, -0.2) is 4.68 Å². The van der Waals surface area contributed by atoms with Crippen molar-refractivity contribution in [1.82, 2.24) is 15.0 Å². The van der Waals surface area contributed by atoms with Crippen molar-refractivity contribution < 1.29 is 0 Å². The topological polar surface area (TPSA) is 30.7 Å². The first kappa shape index (κ1) is 13.0. The molecular formula is C10H7Cl4N3. The van der Waals surface area contributed by atoms with Crippen LogP contribution < -0.4 is 0 Å². The number of hydrogen-bond acceptors (Lipinski definition) is 2. The predicted molar refractivity (Wildman–Crippen MR) is 70.7 cm³/mol. The van der Waals surface area contributed by atoms with Crippen molar-refractivity contribution in [2.75, 3.05) is 0 Å². The minimum Gasteiger partial charge on any atom is -0.219 e. The van der Waals surface area contributed by atoms with Gasteiger partial charge in [-0.05, 0) is 19.1 Å². The second-order valence-corrected chi connectivity index (χ2v) is 5.30. The lowest BCUT2D eigenvalue weighted by atomic mass is 10.3. The van der Waals surface area contributed by atoms with Gasteiger partial charge in [-0.15, -0.1) is 16.7 Å². The van der Waals surface area contributed by atoms with Crippen LogP contribution in [0.2, 0.25) is 15.1 Å². The first-order chi connectivity index (χ1) is 7.99. The summed E-state index contributed by atoms with van der Waals surface area (Å²) in [5, 5.41) is 8.89. The van der Waals surface area contributed by atoms with Gasteiger partial charge in [0.05, 0.1) is 32.3 Å². The number of benzene rings is 1. The zero-order valence-corrected chi connectivity index (χ0v) is 11.7. The van der Waals surface area contributed by atoms with Crippen molar-refractivity contribution in [3.8, 4) is 5.69 Å². The molecule has 0 saturated heterocycles. The molecular weight excluding hydrogens is 304 g/mol. The summed E-state index contributed by atoms with van der Waals surface area (Å²) in [6.07, 6.45) is 1.70. The molecule has 90 valence electrons. The Morgan fingerprint density at radius 3 is 2.35 bits per heavy atom. The monoisotopic (exact) mass is 309 g/mol. The fourth-order valence-electron chi connectivity index (χ4n) is 1.26. The fourth-order valence-corrected chi connectivity index (χ4v) is 1.99. The van der Waals surface area contributed by atoms with E-state index in [0.717, 1.165) is 0 Å². The van der Waals surface area contributed by atoms with E-state index in [1.807, 2.05) is 6.92 Å². The van der Waals surface area contributed by atoms with E-state index in [2.05, 4.69) is 10.3 Å². The molecule has 0 saturated carbocycles. The second kappa shape index (κ2) is 5.02. The van der Waals surface area contributed by atoms with Crippen molar-refractivity contribution in [1.29, 1.82) is 0 Å². The Balaban J connectivity index is 2.49. The van der Waals surface area contributed by atoms with Crippen molar-refractivity contribution >= 4 is 46.4 Å². The van der Waals surface area contributed by atoms with E-state index in [-0.39, 0.29) is 5.38 Å². The Morgan fingerprint density at radius 1 is 1.12 bits per heavy atom. The zero-order chi connectivity index (χ0) is 12.6. The number of aromatic nitrogens is 3. The summed E-state index contributed by atoms with van der Waals surface area (Å²) in [7, 11) is 0. The first-order valence-corrected chi connectivity index (χ1v) is 6.27. The van der Waals surface area contributed by atoms with Gasteiger partial charge < -0.3 is 0 Å². The van der Waals surface area contributed by atoms with Gasteiger partial charge in [-0.2, -0.15) is 0 Å². The van der Waals surface area contributed by atoms with Crippen LogP contribution in [0.5, 0.6) is 0 Å². The molecule has 3 nitrogen and oxygen atoms in total. The number of rotatable bonds is 2. The molecule has 0 fully saturated rings. The smallest absolute Gasteiger partial charge is 0.101 e. The van der Waals surface area contributed by atoms with Crippen molar-refractivity contribution in [3.05, 3.63) is 39.1 Å². The summed E-state index contributed by atoms with van der Waals surface area (Å²) in [4.78, 5) is 0. The molecule has 0 bridgehead atoms. The molecule has 7 heteroatoms. The Labute approximate surface area is 118 Å². The molecule has 2 rings (SSSR count). The minimum absolute atomic E-state index is 0.217. The maximum atomic E-state index is 6.06. The molecule has 2 aromatic rings. The highest BCUT2D eigenvalue weighted by Gasteiger charge is 2.12. The highest BCUT2D eigenvalue weighted by molar-refractivity contribution is 6.43. The Kier molecular flexibility index (Phi) is 3.83. The predicted octanol–water partition coefficient (Wildman–Crippen LogP) is 4.53. The minimum atomic E-state index is -0.217. The Bertz CT molecular complexity index is 550. The van der Waals surface area contributed by atoms with Crippen LogP contribution in [0.25, 0.3) is 5.69 Å². The molecule has 17 heavy (non-hydrogen) atoms. The third kappa shape index (κ3) is 2.68. The quantitative estimate of drug-likeness (QED) is 0.603. The molecule has 0 spiro atoms. The lowest BCUT2D eigenvalue weighted by Crippen LogP contribution is -1.96. The van der Waals surface area contributed by atoms with Crippen LogP contribution >= 0.6 is 46.4 Å². The summed E-state index contributed by atoms with van der Waals surface area (Å²) in [5.41, 5.74) is 1.27. The maximum Gasteiger partial charge on any atom is 0.101 e. The molecule has 0 N–H and O–H groups in total. The van der Waals surface area contributed by atoms with Crippen LogP contribution in [0.4, 0.5) is 0 Å². The van der Waals surface area contributed by atoms with Gasteiger partial charge in [-0.1, -0.05) is 40.0 Å². The molecule has 1 heterocycles. The Morgan fingerprint density at radius 2 is 1.76 bits per heavy atom. The van der Waals surface area contributed by atoms with Gasteiger partial charge in [0, 0.05) is 0 Å². The average Bonchev–Trinajstić information content (AvgIpc) is 2.72. The number of nitrogens with zero attached hydrogens (tertiary/aromatic N) is 3. The summed E-state index contributed by atoms with van der Waals surface area (Å²) >= 11 is 23.7. The average molecular weight is 311 g/mol. The molecule has 1 aromatic carbocycles. The van der Waals surface area contributed by atoms with E-state index in [4.69, 9.17) is 46.4 Å². The van der Waals surface area contributed by atoms with E-state index in [9.17, 15) is 0 Å². The van der Waals surface area contributed by atoms with Crippen LogP contribution in [-0.4, -0.2) is 15.0 Å². The number of halogens is 4. The zero-order valence-electron chi connectivity index (χ0n) is 8.66. The van der Waals surface area contributed by atoms with Gasteiger partial charge in [0.1, 0.15) is 5.69 Å². The SMILES string of the molecule is CC(Cl)c1cn(-c2cc(Cl)c(Cl)cc2Cl)nn1. The van der Waals surface area contributed by atoms with Crippen molar-refractivity contribution in [3.63, 3.8) is 0 Å². The molecule has 1 unspecified atom stereocenters. The molecule has 0 aliphatic rings. The van der Waals surface area contributed by atoms with Gasteiger partial charge in [-0.3, -0.25) is 0 Å². The summed E-state index contributed by atoms with van der Waals surface area (Å²) in [6, 6.07) is 3.19. The largest absolute Gasteiger partial charge is 0.219 e. The van der Waals surface area contributed by atoms with Crippen LogP contribution in [0.3, 0.4) is 0 Å². The van der Waals surface area contributed by atoms with E-state index in [1.165, 1.54) is 4.68 Å². The number of alkyl halides is 1. The molecule has 0 aliphatic heterocycles. The van der Waals surface area contributed by atoms with Gasteiger partial charge in [0.2, 0.25) is 0 Å². The van der Waals surface area contributed by atoms with Gasteiger partial charge >= 0.3 is 0 Å². The van der Waals surface area contributed by atoms with Crippen LogP contribution in [0.15, 0.2) is 18.3 Å². The molecule has 1 aromatic heterocycles. The van der Waals surface area contributed by atoms with Crippen LogP contribution in [0.1, 0.15) is 18.0 Å². The van der Waals surface area contributed by atoms with Crippen molar-refractivity contribution in [2.24, 2.45) is 0 Å². The van der Waals surface area contributed by atoms with E-state index >= 15 is 0 Å². The van der Waals surface area contributed by atoms with Crippen LogP contribution in [-0.2, 0) is 0 Å². The summed E-state index contributed by atoms with van der Waals surface area (Å²) in [6.45, 7) is 1.81. The van der Waals surface area contributed by atoms with Crippen LogP contribution in [0, 0.1) is 0 Å². The Hall–Kier alpha value is -0.480. The van der Waals surface area contributed by atoms with Gasteiger partial charge in [0.25, 0.3) is 0 Å². The normalized spacial score (nSPS) is 12.8. The number of hydrogen-bond donors (Lipinski definition) is 0. The third-order valence-electron chi connectivity index (χ3n) is 2.16. The van der Waals surface area contributed by atoms with Gasteiger partial charge in [0.15, 0.2) is 0 Å². The maximum absolute atomic E-state index is 6.06. The molecule has 0 aliphatic carbocycles. The molecule has 0 radical (unpaired) electrons. The third-order valence-corrected chi connectivity index (χ3v) is 3.40. The first-order valence-electron chi connectivity index (χ1n) is 4.70. The lowest BCUT2D eigenvalue weighted by Gasteiger charge is -2.05. The summed E-state index contributed by atoms with van der Waals surface area (Å²) in [5.74, 6) is 0. The standard InChI is InChI=1S/C10H7Cl4N3/c1-5(11)9-4-17(16-15-9)10-3-7(13)6(12)2-8(10)14/h2-5H,1H3. The van der Waals surface area contributed by atoms with E-state index in [1.54, 1.807) is 18.3 Å². The second-order valence-electron chi connectivity index (χ2n) is 3.42. The highest BCUT2D eigenvalue weighted by atomic mass is 35.5. The summed E-state index contributed by atoms with van der Waals surface area (Å²) < 4.78 is 1.51. The van der Waals surface area contributed by atoms with Crippen molar-refractivity contribution in [2.45, 2.75) is 12.3 Å². The molecule has 0 amide bonds. The fraction of sp³-hybridized carbons (Fsp3) is 0.200. The van der Waals surface area contributed by atoms with E-state index < -0.39 is 0 Å². The van der Waals surface area contributed by atoms with E-state index in [0.29, 0.717) is 26.4 Å². The molecule has 1 atom stereocenters. The lowest BCUT2D eigenvalue weighted by molar-refractivity contribution is 0.797. The highest BCUT2D eigenvalue weighted by Crippen LogP contribution is 2.31.